The number of hydrogen-bond acceptors (Lipinski definition) is 3. The highest BCUT2D eigenvalue weighted by molar-refractivity contribution is 6.31. The average molecular weight is 265 g/mol. The maximum absolute atomic E-state index is 5.97. The molecule has 1 N–H and O–H groups in total. The third-order valence-electron chi connectivity index (χ3n) is 2.86. The fourth-order valence-corrected chi connectivity index (χ4v) is 2.05. The van der Waals surface area contributed by atoms with Gasteiger partial charge in [-0.2, -0.15) is 0 Å². The Morgan fingerprint density at radius 1 is 1.39 bits per heavy atom. The van der Waals surface area contributed by atoms with Crippen molar-refractivity contribution >= 4 is 28.2 Å². The maximum atomic E-state index is 5.97. The Morgan fingerprint density at radius 2 is 2.22 bits per heavy atom. The number of nitrogens with one attached hydrogen (secondary N) is 1. The largest absolute Gasteiger partial charge is 0.385 e. The fraction of sp³-hybridized carbons (Fsp3) is 0.357. The zero-order chi connectivity index (χ0) is 13.0. The van der Waals surface area contributed by atoms with E-state index < -0.39 is 0 Å². The van der Waals surface area contributed by atoms with E-state index in [2.05, 4.69) is 17.2 Å². The highest BCUT2D eigenvalue weighted by atomic mass is 35.5. The lowest BCUT2D eigenvalue weighted by Gasteiger charge is -2.16. The lowest BCUT2D eigenvalue weighted by Crippen LogP contribution is -2.17. The van der Waals surface area contributed by atoms with Crippen molar-refractivity contribution in [2.75, 3.05) is 19.0 Å². The van der Waals surface area contributed by atoms with Gasteiger partial charge in [-0.15, -0.1) is 0 Å². The molecule has 3 nitrogen and oxygen atoms in total. The number of halogens is 1. The van der Waals surface area contributed by atoms with Crippen LogP contribution in [0.25, 0.3) is 10.9 Å². The van der Waals surface area contributed by atoms with Gasteiger partial charge in [-0.25, -0.2) is 0 Å². The Balaban J connectivity index is 2.22. The van der Waals surface area contributed by atoms with Crippen molar-refractivity contribution < 1.29 is 4.74 Å². The molecule has 1 unspecified atom stereocenters. The predicted molar refractivity (Wildman–Crippen MR) is 76.3 cm³/mol. The normalized spacial score (nSPS) is 12.6. The summed E-state index contributed by atoms with van der Waals surface area (Å²) < 4.78 is 5.08. The van der Waals surface area contributed by atoms with Gasteiger partial charge in [0, 0.05) is 42.1 Å². The third kappa shape index (κ3) is 3.12. The minimum Gasteiger partial charge on any atom is -0.385 e. The summed E-state index contributed by atoms with van der Waals surface area (Å²) >= 11 is 5.97. The first-order chi connectivity index (χ1) is 8.70. The number of pyridine rings is 1. The first kappa shape index (κ1) is 13.1. The second-order valence-corrected chi connectivity index (χ2v) is 4.78. The van der Waals surface area contributed by atoms with Crippen molar-refractivity contribution in [3.63, 3.8) is 0 Å². The van der Waals surface area contributed by atoms with E-state index in [-0.39, 0.29) is 0 Å². The number of anilines is 1. The second kappa shape index (κ2) is 6.03. The summed E-state index contributed by atoms with van der Waals surface area (Å²) in [5, 5.41) is 5.27. The molecule has 0 aliphatic heterocycles. The van der Waals surface area contributed by atoms with Crippen molar-refractivity contribution in [2.24, 2.45) is 0 Å². The maximum Gasteiger partial charge on any atom is 0.0737 e. The van der Waals surface area contributed by atoms with Crippen LogP contribution in [0.5, 0.6) is 0 Å². The molecule has 0 spiro atoms. The minimum atomic E-state index is 0.353. The van der Waals surface area contributed by atoms with Crippen LogP contribution in [0.4, 0.5) is 5.69 Å². The standard InChI is InChI=1S/C14H17ClN2O/c1-10(6-8-18-2)17-13-5-7-16-14-9-11(15)3-4-12(13)14/h3-5,7,9-10H,6,8H2,1-2H3,(H,16,17). The van der Waals surface area contributed by atoms with E-state index in [1.54, 1.807) is 13.3 Å². The van der Waals surface area contributed by atoms with Crippen LogP contribution in [0.15, 0.2) is 30.5 Å². The number of rotatable bonds is 5. The van der Waals surface area contributed by atoms with Crippen molar-refractivity contribution in [3.05, 3.63) is 35.5 Å². The molecular weight excluding hydrogens is 248 g/mol. The number of hydrogen-bond donors (Lipinski definition) is 1. The molecule has 0 fully saturated rings. The molecule has 0 saturated heterocycles. The van der Waals surface area contributed by atoms with Gasteiger partial charge in [-0.05, 0) is 37.6 Å². The first-order valence-electron chi connectivity index (χ1n) is 6.00. The van der Waals surface area contributed by atoms with Crippen LogP contribution in [0, 0.1) is 0 Å². The van der Waals surface area contributed by atoms with Gasteiger partial charge in [0.25, 0.3) is 0 Å². The third-order valence-corrected chi connectivity index (χ3v) is 3.10. The van der Waals surface area contributed by atoms with E-state index in [1.807, 2.05) is 24.3 Å². The molecule has 1 atom stereocenters. The van der Waals surface area contributed by atoms with Gasteiger partial charge in [-0.3, -0.25) is 4.98 Å². The van der Waals surface area contributed by atoms with Crippen LogP contribution >= 0.6 is 11.6 Å². The zero-order valence-corrected chi connectivity index (χ0v) is 11.4. The first-order valence-corrected chi connectivity index (χ1v) is 6.38. The average Bonchev–Trinajstić information content (AvgIpc) is 2.36. The molecule has 0 aliphatic carbocycles. The highest BCUT2D eigenvalue weighted by Gasteiger charge is 2.06. The Hall–Kier alpha value is -1.32. The summed E-state index contributed by atoms with van der Waals surface area (Å²) in [4.78, 5) is 4.32. The van der Waals surface area contributed by atoms with E-state index in [0.717, 1.165) is 29.6 Å². The van der Waals surface area contributed by atoms with Gasteiger partial charge in [-0.1, -0.05) is 11.6 Å². The Morgan fingerprint density at radius 3 is 3.00 bits per heavy atom. The topological polar surface area (TPSA) is 34.1 Å². The zero-order valence-electron chi connectivity index (χ0n) is 10.6. The molecule has 0 aliphatic rings. The molecule has 0 bridgehead atoms. The van der Waals surface area contributed by atoms with Crippen molar-refractivity contribution in [1.29, 1.82) is 0 Å². The second-order valence-electron chi connectivity index (χ2n) is 4.35. The van der Waals surface area contributed by atoms with Crippen LogP contribution in [-0.2, 0) is 4.74 Å². The number of methoxy groups -OCH3 is 1. The molecule has 0 amide bonds. The van der Waals surface area contributed by atoms with E-state index in [4.69, 9.17) is 16.3 Å². The van der Waals surface area contributed by atoms with Gasteiger partial charge in [0.2, 0.25) is 0 Å². The van der Waals surface area contributed by atoms with Crippen molar-refractivity contribution in [1.82, 2.24) is 4.98 Å². The number of fused-ring (bicyclic) bond motifs is 1. The Kier molecular flexibility index (Phi) is 4.39. The molecule has 1 aromatic carbocycles. The molecule has 0 radical (unpaired) electrons. The highest BCUT2D eigenvalue weighted by Crippen LogP contribution is 2.25. The lowest BCUT2D eigenvalue weighted by atomic mass is 10.1. The summed E-state index contributed by atoms with van der Waals surface area (Å²) in [6, 6.07) is 8.10. The van der Waals surface area contributed by atoms with Crippen LogP contribution in [-0.4, -0.2) is 24.7 Å². The molecule has 1 heterocycles. The SMILES string of the molecule is COCCC(C)Nc1ccnc2cc(Cl)ccc12. The summed E-state index contributed by atoms with van der Waals surface area (Å²) in [7, 11) is 1.72. The monoisotopic (exact) mass is 264 g/mol. The van der Waals surface area contributed by atoms with Gasteiger partial charge in [0.1, 0.15) is 0 Å². The van der Waals surface area contributed by atoms with E-state index in [1.165, 1.54) is 0 Å². The predicted octanol–water partition coefficient (Wildman–Crippen LogP) is 3.73. The number of benzene rings is 1. The fourth-order valence-electron chi connectivity index (χ4n) is 1.88. The van der Waals surface area contributed by atoms with Crippen LogP contribution < -0.4 is 5.32 Å². The number of nitrogens with zero attached hydrogens (tertiary/aromatic N) is 1. The van der Waals surface area contributed by atoms with Gasteiger partial charge in [0.15, 0.2) is 0 Å². The molecular formula is C14H17ClN2O. The summed E-state index contributed by atoms with van der Waals surface area (Å²) in [6.07, 6.45) is 2.76. The van der Waals surface area contributed by atoms with Crippen molar-refractivity contribution in [2.45, 2.75) is 19.4 Å². The van der Waals surface area contributed by atoms with Crippen molar-refractivity contribution in [3.8, 4) is 0 Å². The molecule has 2 aromatic rings. The van der Waals surface area contributed by atoms with Crippen LogP contribution in [0.1, 0.15) is 13.3 Å². The van der Waals surface area contributed by atoms with E-state index in [9.17, 15) is 0 Å². The molecule has 18 heavy (non-hydrogen) atoms. The molecule has 2 rings (SSSR count). The van der Waals surface area contributed by atoms with E-state index >= 15 is 0 Å². The number of ether oxygens (including phenoxy) is 1. The summed E-state index contributed by atoms with van der Waals surface area (Å²) in [5.74, 6) is 0. The number of aromatic nitrogens is 1. The molecule has 0 saturated carbocycles. The van der Waals surface area contributed by atoms with Crippen LogP contribution in [0.3, 0.4) is 0 Å². The Bertz CT molecular complexity index is 530. The minimum absolute atomic E-state index is 0.353. The van der Waals surface area contributed by atoms with E-state index in [0.29, 0.717) is 11.1 Å². The molecule has 4 heteroatoms. The summed E-state index contributed by atoms with van der Waals surface area (Å²) in [6.45, 7) is 2.89. The molecule has 1 aromatic heterocycles. The Labute approximate surface area is 112 Å². The van der Waals surface area contributed by atoms with Gasteiger partial charge in [0.05, 0.1) is 5.52 Å². The van der Waals surface area contributed by atoms with Gasteiger partial charge < -0.3 is 10.1 Å². The lowest BCUT2D eigenvalue weighted by molar-refractivity contribution is 0.191. The molecule has 96 valence electrons. The van der Waals surface area contributed by atoms with Gasteiger partial charge >= 0.3 is 0 Å². The quantitative estimate of drug-likeness (QED) is 0.894. The smallest absolute Gasteiger partial charge is 0.0737 e. The van der Waals surface area contributed by atoms with Crippen LogP contribution in [0.2, 0.25) is 5.02 Å². The summed E-state index contributed by atoms with van der Waals surface area (Å²) in [5.41, 5.74) is 1.99.